The fourth-order valence-corrected chi connectivity index (χ4v) is 3.49. The number of aromatic nitrogens is 2. The lowest BCUT2D eigenvalue weighted by Crippen LogP contribution is -2.35. The summed E-state index contributed by atoms with van der Waals surface area (Å²) in [5.41, 5.74) is 0.819. The molecule has 6 nitrogen and oxygen atoms in total. The number of nitrogens with one attached hydrogen (secondary N) is 2. The van der Waals surface area contributed by atoms with Gasteiger partial charge in [0.1, 0.15) is 0 Å². The number of hydrogen-bond acceptors (Lipinski definition) is 4. The van der Waals surface area contributed by atoms with Crippen LogP contribution in [0.3, 0.4) is 0 Å². The van der Waals surface area contributed by atoms with E-state index in [2.05, 4.69) is 15.6 Å². The van der Waals surface area contributed by atoms with Crippen LogP contribution in [0.25, 0.3) is 0 Å². The molecule has 2 aromatic rings. The fourth-order valence-electron chi connectivity index (χ4n) is 2.38. The number of thioether (sulfide) groups is 1. The number of amides is 2. The summed E-state index contributed by atoms with van der Waals surface area (Å²) in [6, 6.07) is 7.63. The SMILES string of the molecule is O=C(CC1Sc2ccccc2NC1=O)NCCCn1ccnc1. The smallest absolute Gasteiger partial charge is 0.238 e. The molecule has 0 radical (unpaired) electrons. The largest absolute Gasteiger partial charge is 0.356 e. The van der Waals surface area contributed by atoms with Crippen molar-refractivity contribution in [3.05, 3.63) is 43.0 Å². The van der Waals surface area contributed by atoms with Gasteiger partial charge in [-0.3, -0.25) is 9.59 Å². The number of benzene rings is 1. The van der Waals surface area contributed by atoms with Crippen LogP contribution in [0.2, 0.25) is 0 Å². The first-order chi connectivity index (χ1) is 11.2. The molecular formula is C16H18N4O2S. The van der Waals surface area contributed by atoms with Crippen molar-refractivity contribution in [1.29, 1.82) is 0 Å². The van der Waals surface area contributed by atoms with Crippen molar-refractivity contribution in [2.24, 2.45) is 0 Å². The molecule has 2 N–H and O–H groups in total. The van der Waals surface area contributed by atoms with Crippen LogP contribution in [0.1, 0.15) is 12.8 Å². The van der Waals surface area contributed by atoms with Crippen LogP contribution in [0, 0.1) is 0 Å². The molecule has 2 amide bonds. The molecule has 0 spiro atoms. The Labute approximate surface area is 138 Å². The quantitative estimate of drug-likeness (QED) is 0.793. The second-order valence-electron chi connectivity index (χ2n) is 5.30. The molecule has 120 valence electrons. The zero-order chi connectivity index (χ0) is 16.1. The Kier molecular flexibility index (Phi) is 4.97. The topological polar surface area (TPSA) is 76.0 Å². The summed E-state index contributed by atoms with van der Waals surface area (Å²) in [6.07, 6.45) is 6.39. The summed E-state index contributed by atoms with van der Waals surface area (Å²) < 4.78 is 1.97. The van der Waals surface area contributed by atoms with Crippen molar-refractivity contribution in [3.63, 3.8) is 0 Å². The van der Waals surface area contributed by atoms with Gasteiger partial charge in [-0.15, -0.1) is 11.8 Å². The first kappa shape index (κ1) is 15.6. The van der Waals surface area contributed by atoms with E-state index >= 15 is 0 Å². The highest BCUT2D eigenvalue weighted by Crippen LogP contribution is 2.36. The van der Waals surface area contributed by atoms with Crippen LogP contribution in [0.4, 0.5) is 5.69 Å². The molecule has 1 unspecified atom stereocenters. The minimum absolute atomic E-state index is 0.0948. The second-order valence-corrected chi connectivity index (χ2v) is 6.54. The average Bonchev–Trinajstić information content (AvgIpc) is 3.06. The van der Waals surface area contributed by atoms with E-state index in [9.17, 15) is 9.59 Å². The number of anilines is 1. The molecule has 0 bridgehead atoms. The maximum Gasteiger partial charge on any atom is 0.238 e. The number of aryl methyl sites for hydroxylation is 1. The second kappa shape index (κ2) is 7.32. The van der Waals surface area contributed by atoms with Gasteiger partial charge in [0.05, 0.1) is 17.3 Å². The first-order valence-electron chi connectivity index (χ1n) is 7.51. The summed E-state index contributed by atoms with van der Waals surface area (Å²) in [5.74, 6) is -0.204. The highest BCUT2D eigenvalue weighted by atomic mass is 32.2. The van der Waals surface area contributed by atoms with E-state index in [1.165, 1.54) is 11.8 Å². The molecule has 23 heavy (non-hydrogen) atoms. The Hall–Kier alpha value is -2.28. The Morgan fingerprint density at radius 2 is 2.26 bits per heavy atom. The van der Waals surface area contributed by atoms with E-state index in [4.69, 9.17) is 0 Å². The van der Waals surface area contributed by atoms with Gasteiger partial charge in [0.25, 0.3) is 0 Å². The minimum atomic E-state index is -0.376. The molecule has 7 heteroatoms. The molecule has 1 atom stereocenters. The van der Waals surface area contributed by atoms with E-state index in [-0.39, 0.29) is 23.5 Å². The summed E-state index contributed by atoms with van der Waals surface area (Å²) in [7, 11) is 0. The van der Waals surface area contributed by atoms with E-state index in [1.54, 1.807) is 12.5 Å². The monoisotopic (exact) mass is 330 g/mol. The number of para-hydroxylation sites is 1. The third-order valence-electron chi connectivity index (χ3n) is 3.55. The highest BCUT2D eigenvalue weighted by molar-refractivity contribution is 8.01. The van der Waals surface area contributed by atoms with Gasteiger partial charge in [-0.05, 0) is 18.6 Å². The lowest BCUT2D eigenvalue weighted by atomic mass is 10.2. The van der Waals surface area contributed by atoms with Crippen LogP contribution in [0.5, 0.6) is 0 Å². The number of hydrogen-bond donors (Lipinski definition) is 2. The Balaban J connectivity index is 1.44. The fraction of sp³-hybridized carbons (Fsp3) is 0.312. The van der Waals surface area contributed by atoms with Gasteiger partial charge in [-0.2, -0.15) is 0 Å². The van der Waals surface area contributed by atoms with Gasteiger partial charge < -0.3 is 15.2 Å². The number of carbonyl (C=O) groups excluding carboxylic acids is 2. The lowest BCUT2D eigenvalue weighted by molar-refractivity contribution is -0.124. The van der Waals surface area contributed by atoms with Crippen molar-refractivity contribution in [1.82, 2.24) is 14.9 Å². The van der Waals surface area contributed by atoms with Gasteiger partial charge in [0, 0.05) is 36.8 Å². The molecule has 0 fully saturated rings. The summed E-state index contributed by atoms with van der Waals surface area (Å²) in [5, 5.41) is 5.35. The van der Waals surface area contributed by atoms with Gasteiger partial charge in [-0.25, -0.2) is 4.98 Å². The minimum Gasteiger partial charge on any atom is -0.356 e. The molecule has 0 saturated carbocycles. The van der Waals surface area contributed by atoms with E-state index in [0.717, 1.165) is 23.5 Å². The summed E-state index contributed by atoms with van der Waals surface area (Å²) >= 11 is 1.45. The van der Waals surface area contributed by atoms with Gasteiger partial charge in [0.2, 0.25) is 11.8 Å². The molecule has 0 saturated heterocycles. The molecular weight excluding hydrogens is 312 g/mol. The van der Waals surface area contributed by atoms with Crippen molar-refractivity contribution in [2.45, 2.75) is 29.5 Å². The number of fused-ring (bicyclic) bond motifs is 1. The average molecular weight is 330 g/mol. The third kappa shape index (κ3) is 4.13. The third-order valence-corrected chi connectivity index (χ3v) is 4.83. The first-order valence-corrected chi connectivity index (χ1v) is 8.39. The zero-order valence-electron chi connectivity index (χ0n) is 12.6. The normalized spacial score (nSPS) is 16.5. The Morgan fingerprint density at radius 3 is 3.09 bits per heavy atom. The van der Waals surface area contributed by atoms with Gasteiger partial charge >= 0.3 is 0 Å². The van der Waals surface area contributed by atoms with Gasteiger partial charge in [0.15, 0.2) is 0 Å². The number of nitrogens with zero attached hydrogens (tertiary/aromatic N) is 2. The van der Waals surface area contributed by atoms with Crippen molar-refractivity contribution in [2.75, 3.05) is 11.9 Å². The van der Waals surface area contributed by atoms with E-state index in [0.29, 0.717) is 6.54 Å². The maximum absolute atomic E-state index is 12.1. The Morgan fingerprint density at radius 1 is 1.39 bits per heavy atom. The van der Waals surface area contributed by atoms with Crippen LogP contribution in [-0.4, -0.2) is 33.2 Å². The molecule has 3 rings (SSSR count). The molecule has 1 aromatic heterocycles. The van der Waals surface area contributed by atoms with Crippen LogP contribution in [0.15, 0.2) is 47.9 Å². The number of imidazole rings is 1. The van der Waals surface area contributed by atoms with Crippen LogP contribution < -0.4 is 10.6 Å². The summed E-state index contributed by atoms with van der Waals surface area (Å²) in [4.78, 5) is 29.0. The van der Waals surface area contributed by atoms with Crippen LogP contribution in [-0.2, 0) is 16.1 Å². The Bertz CT molecular complexity index is 687. The molecule has 1 aliphatic heterocycles. The molecule has 2 heterocycles. The zero-order valence-corrected chi connectivity index (χ0v) is 13.4. The van der Waals surface area contributed by atoms with E-state index < -0.39 is 0 Å². The van der Waals surface area contributed by atoms with Gasteiger partial charge in [-0.1, -0.05) is 12.1 Å². The van der Waals surface area contributed by atoms with Crippen molar-refractivity contribution < 1.29 is 9.59 Å². The number of carbonyl (C=O) groups is 2. The predicted octanol–water partition coefficient (Wildman–Crippen LogP) is 1.89. The van der Waals surface area contributed by atoms with Crippen molar-refractivity contribution >= 4 is 29.3 Å². The van der Waals surface area contributed by atoms with E-state index in [1.807, 2.05) is 35.0 Å². The molecule has 1 aliphatic rings. The predicted molar refractivity (Wildman–Crippen MR) is 89.2 cm³/mol. The highest BCUT2D eigenvalue weighted by Gasteiger charge is 2.28. The standard InChI is InChI=1S/C16H18N4O2S/c21-15(18-6-3-8-20-9-7-17-11-20)10-14-16(22)19-12-4-1-2-5-13(12)23-14/h1-2,4-5,7,9,11,14H,3,6,8,10H2,(H,18,21)(H,19,22). The summed E-state index contributed by atoms with van der Waals surface area (Å²) in [6.45, 7) is 1.40. The van der Waals surface area contributed by atoms with Crippen LogP contribution >= 0.6 is 11.8 Å². The lowest BCUT2D eigenvalue weighted by Gasteiger charge is -2.23. The molecule has 0 aliphatic carbocycles. The maximum atomic E-state index is 12.1. The molecule has 1 aromatic carbocycles. The number of rotatable bonds is 6. The van der Waals surface area contributed by atoms with Crippen molar-refractivity contribution in [3.8, 4) is 0 Å².